The number of benzene rings is 1. The van der Waals surface area contributed by atoms with Crippen LogP contribution in [0.4, 0.5) is 0 Å². The number of hydrogen-bond acceptors (Lipinski definition) is 2. The Bertz CT molecular complexity index is 314. The van der Waals surface area contributed by atoms with Gasteiger partial charge in [-0.1, -0.05) is 38.1 Å². The zero-order chi connectivity index (χ0) is 12.8. The summed E-state index contributed by atoms with van der Waals surface area (Å²) >= 11 is 0. The van der Waals surface area contributed by atoms with Crippen LogP contribution in [0.2, 0.25) is 0 Å². The van der Waals surface area contributed by atoms with Crippen LogP contribution in [-0.2, 0) is 17.9 Å². The maximum absolute atomic E-state index is 5.68. The fraction of sp³-hybridized carbons (Fsp3) is 0.625. The molecule has 18 heavy (non-hydrogen) atoms. The van der Waals surface area contributed by atoms with E-state index in [1.54, 1.807) is 0 Å². The van der Waals surface area contributed by atoms with Crippen molar-refractivity contribution in [3.8, 4) is 0 Å². The van der Waals surface area contributed by atoms with Gasteiger partial charge in [-0.05, 0) is 42.3 Å². The molecule has 0 atom stereocenters. The van der Waals surface area contributed by atoms with E-state index in [1.165, 1.54) is 24.0 Å². The van der Waals surface area contributed by atoms with Gasteiger partial charge in [0.05, 0.1) is 6.61 Å². The second kappa shape index (κ2) is 6.91. The van der Waals surface area contributed by atoms with E-state index in [9.17, 15) is 0 Å². The summed E-state index contributed by atoms with van der Waals surface area (Å²) in [7, 11) is 0. The maximum atomic E-state index is 5.68. The van der Waals surface area contributed by atoms with Crippen LogP contribution in [0.15, 0.2) is 24.3 Å². The van der Waals surface area contributed by atoms with Crippen molar-refractivity contribution in [3.63, 3.8) is 0 Å². The van der Waals surface area contributed by atoms with Crippen molar-refractivity contribution in [2.24, 2.45) is 11.8 Å². The third-order valence-corrected chi connectivity index (χ3v) is 3.22. The Morgan fingerprint density at radius 1 is 1.17 bits per heavy atom. The van der Waals surface area contributed by atoms with E-state index >= 15 is 0 Å². The standard InChI is InChI=1S/C16H25NO/c1-13(2)9-17-10-14-3-5-15(6-4-14)11-18-12-16-7-8-16/h3-6,13,16-17H,7-12H2,1-2H3. The van der Waals surface area contributed by atoms with E-state index in [0.717, 1.165) is 32.2 Å². The second-order valence-electron chi connectivity index (χ2n) is 5.80. The fourth-order valence-electron chi connectivity index (χ4n) is 1.89. The van der Waals surface area contributed by atoms with Crippen molar-refractivity contribution < 1.29 is 4.74 Å². The van der Waals surface area contributed by atoms with Crippen LogP contribution in [0, 0.1) is 11.8 Å². The summed E-state index contributed by atoms with van der Waals surface area (Å²) in [5.41, 5.74) is 2.63. The molecule has 1 aliphatic rings. The fourth-order valence-corrected chi connectivity index (χ4v) is 1.89. The lowest BCUT2D eigenvalue weighted by Crippen LogP contribution is -2.18. The molecule has 0 unspecified atom stereocenters. The topological polar surface area (TPSA) is 21.3 Å². The molecule has 1 fully saturated rings. The van der Waals surface area contributed by atoms with Crippen molar-refractivity contribution in [3.05, 3.63) is 35.4 Å². The quantitative estimate of drug-likeness (QED) is 0.760. The first kappa shape index (κ1) is 13.6. The zero-order valence-electron chi connectivity index (χ0n) is 11.6. The molecule has 1 aliphatic carbocycles. The summed E-state index contributed by atoms with van der Waals surface area (Å²) in [5, 5.41) is 3.46. The summed E-state index contributed by atoms with van der Waals surface area (Å²) in [4.78, 5) is 0. The smallest absolute Gasteiger partial charge is 0.0717 e. The summed E-state index contributed by atoms with van der Waals surface area (Å²) in [5.74, 6) is 1.56. The molecule has 0 bridgehead atoms. The minimum Gasteiger partial charge on any atom is -0.376 e. The van der Waals surface area contributed by atoms with Crippen molar-refractivity contribution >= 4 is 0 Å². The molecule has 2 rings (SSSR count). The van der Waals surface area contributed by atoms with Gasteiger partial charge < -0.3 is 10.1 Å². The molecule has 0 saturated heterocycles. The van der Waals surface area contributed by atoms with Crippen LogP contribution in [0.5, 0.6) is 0 Å². The molecule has 2 nitrogen and oxygen atoms in total. The average Bonchev–Trinajstić information content (AvgIpc) is 3.15. The van der Waals surface area contributed by atoms with Gasteiger partial charge in [0.2, 0.25) is 0 Å². The number of ether oxygens (including phenoxy) is 1. The minimum absolute atomic E-state index is 0.708. The Labute approximate surface area is 111 Å². The highest BCUT2D eigenvalue weighted by Gasteiger charge is 2.20. The number of nitrogens with one attached hydrogen (secondary N) is 1. The molecule has 1 saturated carbocycles. The van der Waals surface area contributed by atoms with E-state index in [1.807, 2.05) is 0 Å². The second-order valence-corrected chi connectivity index (χ2v) is 5.80. The van der Waals surface area contributed by atoms with Crippen LogP contribution in [-0.4, -0.2) is 13.2 Å². The van der Waals surface area contributed by atoms with Gasteiger partial charge in [-0.3, -0.25) is 0 Å². The van der Waals surface area contributed by atoms with Gasteiger partial charge in [-0.15, -0.1) is 0 Å². The monoisotopic (exact) mass is 247 g/mol. The predicted octanol–water partition coefficient (Wildman–Crippen LogP) is 3.36. The molecule has 1 aromatic carbocycles. The lowest BCUT2D eigenvalue weighted by molar-refractivity contribution is 0.111. The first-order chi connectivity index (χ1) is 8.74. The van der Waals surface area contributed by atoms with Crippen LogP contribution in [0.1, 0.15) is 37.8 Å². The molecule has 1 N–H and O–H groups in total. The highest BCUT2D eigenvalue weighted by Crippen LogP contribution is 2.29. The molecule has 1 aromatic rings. The molecule has 100 valence electrons. The third-order valence-electron chi connectivity index (χ3n) is 3.22. The van der Waals surface area contributed by atoms with E-state index in [-0.39, 0.29) is 0 Å². The summed E-state index contributed by atoms with van der Waals surface area (Å²) in [6, 6.07) is 8.75. The summed E-state index contributed by atoms with van der Waals surface area (Å²) in [6.45, 7) is 8.20. The molecule has 0 amide bonds. The predicted molar refractivity (Wildman–Crippen MR) is 75.4 cm³/mol. The van der Waals surface area contributed by atoms with Gasteiger partial charge in [-0.2, -0.15) is 0 Å². The van der Waals surface area contributed by atoms with Gasteiger partial charge in [-0.25, -0.2) is 0 Å². The number of rotatable bonds is 8. The maximum Gasteiger partial charge on any atom is 0.0717 e. The Morgan fingerprint density at radius 3 is 2.44 bits per heavy atom. The van der Waals surface area contributed by atoms with E-state index in [4.69, 9.17) is 4.74 Å². The van der Waals surface area contributed by atoms with E-state index in [0.29, 0.717) is 5.92 Å². The first-order valence-corrected chi connectivity index (χ1v) is 7.10. The van der Waals surface area contributed by atoms with E-state index < -0.39 is 0 Å². The van der Waals surface area contributed by atoms with Crippen molar-refractivity contribution in [1.82, 2.24) is 5.32 Å². The first-order valence-electron chi connectivity index (χ1n) is 7.10. The highest BCUT2D eigenvalue weighted by atomic mass is 16.5. The third kappa shape index (κ3) is 5.19. The largest absolute Gasteiger partial charge is 0.376 e. The van der Waals surface area contributed by atoms with Crippen molar-refractivity contribution in [1.29, 1.82) is 0 Å². The van der Waals surface area contributed by atoms with Crippen LogP contribution in [0.3, 0.4) is 0 Å². The van der Waals surface area contributed by atoms with Crippen LogP contribution >= 0.6 is 0 Å². The Hall–Kier alpha value is -0.860. The summed E-state index contributed by atoms with van der Waals surface area (Å²) in [6.07, 6.45) is 2.72. The Morgan fingerprint density at radius 2 is 1.83 bits per heavy atom. The Kier molecular flexibility index (Phi) is 5.21. The van der Waals surface area contributed by atoms with Crippen LogP contribution in [0.25, 0.3) is 0 Å². The highest BCUT2D eigenvalue weighted by molar-refractivity contribution is 5.21. The molecule has 0 radical (unpaired) electrons. The van der Waals surface area contributed by atoms with Gasteiger partial charge in [0, 0.05) is 13.2 Å². The SMILES string of the molecule is CC(C)CNCc1ccc(COCC2CC2)cc1. The molecule has 2 heteroatoms. The van der Waals surface area contributed by atoms with Crippen LogP contribution < -0.4 is 5.32 Å². The zero-order valence-corrected chi connectivity index (χ0v) is 11.6. The minimum atomic E-state index is 0.708. The summed E-state index contributed by atoms with van der Waals surface area (Å²) < 4.78 is 5.68. The van der Waals surface area contributed by atoms with E-state index in [2.05, 4.69) is 43.4 Å². The molecule has 0 aliphatic heterocycles. The van der Waals surface area contributed by atoms with Gasteiger partial charge >= 0.3 is 0 Å². The molecular formula is C16H25NO. The number of hydrogen-bond donors (Lipinski definition) is 1. The normalized spacial score (nSPS) is 15.3. The van der Waals surface area contributed by atoms with Gasteiger partial charge in [0.15, 0.2) is 0 Å². The van der Waals surface area contributed by atoms with Gasteiger partial charge in [0.25, 0.3) is 0 Å². The molecule has 0 heterocycles. The lowest BCUT2D eigenvalue weighted by atomic mass is 10.1. The molecule has 0 spiro atoms. The Balaban J connectivity index is 1.67. The van der Waals surface area contributed by atoms with Gasteiger partial charge in [0.1, 0.15) is 0 Å². The van der Waals surface area contributed by atoms with Crippen molar-refractivity contribution in [2.45, 2.75) is 39.8 Å². The van der Waals surface area contributed by atoms with Crippen molar-refractivity contribution in [2.75, 3.05) is 13.2 Å². The average molecular weight is 247 g/mol. The molecular weight excluding hydrogens is 222 g/mol. The lowest BCUT2D eigenvalue weighted by Gasteiger charge is -2.08. The molecule has 0 aromatic heterocycles.